The zero-order valence-corrected chi connectivity index (χ0v) is 13.6. The molecular formula is C17H29NO4. The van der Waals surface area contributed by atoms with E-state index in [9.17, 15) is 14.7 Å². The van der Waals surface area contributed by atoms with Gasteiger partial charge in [-0.05, 0) is 24.7 Å². The first-order valence-corrected chi connectivity index (χ1v) is 8.61. The second-order valence-corrected chi connectivity index (χ2v) is 7.05. The smallest absolute Gasteiger partial charge is 0.311 e. The monoisotopic (exact) mass is 311 g/mol. The van der Waals surface area contributed by atoms with Gasteiger partial charge in [-0.3, -0.25) is 9.59 Å². The molecule has 126 valence electrons. The Morgan fingerprint density at radius 2 is 1.86 bits per heavy atom. The molecule has 5 heteroatoms. The van der Waals surface area contributed by atoms with E-state index in [0.29, 0.717) is 44.3 Å². The highest BCUT2D eigenvalue weighted by Gasteiger charge is 2.40. The van der Waals surface area contributed by atoms with Crippen LogP contribution >= 0.6 is 0 Å². The van der Waals surface area contributed by atoms with Crippen LogP contribution in [0.15, 0.2) is 0 Å². The van der Waals surface area contributed by atoms with Crippen LogP contribution in [0.3, 0.4) is 0 Å². The minimum Gasteiger partial charge on any atom is -0.481 e. The van der Waals surface area contributed by atoms with Crippen LogP contribution in [0.25, 0.3) is 0 Å². The number of ether oxygens (including phenoxy) is 1. The van der Waals surface area contributed by atoms with Crippen molar-refractivity contribution in [1.82, 2.24) is 5.32 Å². The molecule has 1 aliphatic heterocycles. The predicted molar refractivity (Wildman–Crippen MR) is 83.5 cm³/mol. The molecule has 2 rings (SSSR count). The van der Waals surface area contributed by atoms with Crippen molar-refractivity contribution in [2.45, 2.75) is 58.3 Å². The van der Waals surface area contributed by atoms with Crippen LogP contribution in [0.5, 0.6) is 0 Å². The van der Waals surface area contributed by atoms with Crippen LogP contribution in [-0.4, -0.2) is 36.7 Å². The summed E-state index contributed by atoms with van der Waals surface area (Å²) in [7, 11) is 0. The highest BCUT2D eigenvalue weighted by Crippen LogP contribution is 2.32. The molecule has 0 aromatic rings. The van der Waals surface area contributed by atoms with E-state index in [1.807, 2.05) is 0 Å². The molecule has 1 heterocycles. The van der Waals surface area contributed by atoms with Crippen LogP contribution in [0.4, 0.5) is 0 Å². The number of carboxylic acids is 1. The molecule has 1 unspecified atom stereocenters. The molecule has 1 atom stereocenters. The molecule has 5 nitrogen and oxygen atoms in total. The van der Waals surface area contributed by atoms with E-state index in [2.05, 4.69) is 12.2 Å². The van der Waals surface area contributed by atoms with Gasteiger partial charge in [0.25, 0.3) is 0 Å². The van der Waals surface area contributed by atoms with Gasteiger partial charge in [0, 0.05) is 26.2 Å². The first-order chi connectivity index (χ1) is 10.5. The van der Waals surface area contributed by atoms with Crippen molar-refractivity contribution in [2.75, 3.05) is 19.8 Å². The summed E-state index contributed by atoms with van der Waals surface area (Å²) in [6.07, 6.45) is 7.78. The van der Waals surface area contributed by atoms with E-state index in [0.717, 1.165) is 0 Å². The molecule has 1 saturated carbocycles. The fourth-order valence-corrected chi connectivity index (χ4v) is 3.73. The number of aliphatic carboxylic acids is 1. The lowest BCUT2D eigenvalue weighted by atomic mass is 9.79. The number of hydrogen-bond acceptors (Lipinski definition) is 3. The molecular weight excluding hydrogens is 282 g/mol. The normalized spacial score (nSPS) is 23.7. The van der Waals surface area contributed by atoms with E-state index in [1.165, 1.54) is 32.1 Å². The molecule has 0 aromatic carbocycles. The minimum absolute atomic E-state index is 0.00908. The zero-order valence-electron chi connectivity index (χ0n) is 13.6. The van der Waals surface area contributed by atoms with Crippen molar-refractivity contribution in [2.24, 2.45) is 17.3 Å². The van der Waals surface area contributed by atoms with Gasteiger partial charge in [0.1, 0.15) is 0 Å². The SMILES string of the molecule is CC(CC(=O)NCC1(C(=O)O)CCOCC1)C1CCCCC1. The molecule has 2 N–H and O–H groups in total. The van der Waals surface area contributed by atoms with Crippen molar-refractivity contribution >= 4 is 11.9 Å². The van der Waals surface area contributed by atoms with Crippen LogP contribution in [0.1, 0.15) is 58.3 Å². The Bertz CT molecular complexity index is 384. The quantitative estimate of drug-likeness (QED) is 0.790. The van der Waals surface area contributed by atoms with E-state index in [4.69, 9.17) is 4.74 Å². The van der Waals surface area contributed by atoms with Crippen LogP contribution in [0.2, 0.25) is 0 Å². The summed E-state index contributed by atoms with van der Waals surface area (Å²) in [5, 5.41) is 12.3. The van der Waals surface area contributed by atoms with Gasteiger partial charge in [-0.1, -0.05) is 39.0 Å². The summed E-state index contributed by atoms with van der Waals surface area (Å²) in [6.45, 7) is 3.29. The van der Waals surface area contributed by atoms with Gasteiger partial charge in [0.05, 0.1) is 5.41 Å². The lowest BCUT2D eigenvalue weighted by molar-refractivity contribution is -0.154. The van der Waals surface area contributed by atoms with Crippen molar-refractivity contribution in [3.05, 3.63) is 0 Å². The van der Waals surface area contributed by atoms with Crippen molar-refractivity contribution in [3.8, 4) is 0 Å². The second-order valence-electron chi connectivity index (χ2n) is 7.05. The average Bonchev–Trinajstić information content (AvgIpc) is 2.54. The molecule has 22 heavy (non-hydrogen) atoms. The third-order valence-electron chi connectivity index (χ3n) is 5.49. The Balaban J connectivity index is 1.79. The maximum absolute atomic E-state index is 12.2. The third kappa shape index (κ3) is 4.45. The Morgan fingerprint density at radius 3 is 2.45 bits per heavy atom. The number of rotatable bonds is 6. The highest BCUT2D eigenvalue weighted by atomic mass is 16.5. The summed E-state index contributed by atoms with van der Waals surface area (Å²) >= 11 is 0. The van der Waals surface area contributed by atoms with Gasteiger partial charge in [0.2, 0.25) is 5.91 Å². The van der Waals surface area contributed by atoms with Crippen molar-refractivity contribution in [3.63, 3.8) is 0 Å². The topological polar surface area (TPSA) is 75.6 Å². The Labute approximate surface area is 132 Å². The van der Waals surface area contributed by atoms with Crippen LogP contribution in [0, 0.1) is 17.3 Å². The summed E-state index contributed by atoms with van der Waals surface area (Å²) in [5.74, 6) is 0.202. The van der Waals surface area contributed by atoms with Gasteiger partial charge >= 0.3 is 5.97 Å². The van der Waals surface area contributed by atoms with Crippen molar-refractivity contribution < 1.29 is 19.4 Å². The number of nitrogens with one attached hydrogen (secondary N) is 1. The van der Waals surface area contributed by atoms with E-state index in [1.54, 1.807) is 0 Å². The molecule has 2 fully saturated rings. The number of carbonyl (C=O) groups excluding carboxylic acids is 1. The Hall–Kier alpha value is -1.10. The third-order valence-corrected chi connectivity index (χ3v) is 5.49. The Morgan fingerprint density at radius 1 is 1.23 bits per heavy atom. The largest absolute Gasteiger partial charge is 0.481 e. The minimum atomic E-state index is -0.845. The predicted octanol–water partition coefficient (Wildman–Crippen LogP) is 2.59. The molecule has 1 amide bonds. The van der Waals surface area contributed by atoms with Gasteiger partial charge in [0.15, 0.2) is 0 Å². The molecule has 0 bridgehead atoms. The summed E-state index contributed by atoms with van der Waals surface area (Å²) in [5.41, 5.74) is -0.845. The standard InChI is InChI=1S/C17H29NO4/c1-13(14-5-3-2-4-6-14)11-15(19)18-12-17(16(20)21)7-9-22-10-8-17/h13-14H,2-12H2,1H3,(H,18,19)(H,20,21). The maximum atomic E-state index is 12.2. The van der Waals surface area contributed by atoms with Crippen molar-refractivity contribution in [1.29, 1.82) is 0 Å². The molecule has 0 spiro atoms. The number of carbonyl (C=O) groups is 2. The first kappa shape index (κ1) is 17.3. The summed E-state index contributed by atoms with van der Waals surface area (Å²) in [4.78, 5) is 23.7. The molecule has 2 aliphatic rings. The molecule has 0 aromatic heterocycles. The van der Waals surface area contributed by atoms with E-state index in [-0.39, 0.29) is 12.5 Å². The lowest BCUT2D eigenvalue weighted by Crippen LogP contribution is -2.46. The fourth-order valence-electron chi connectivity index (χ4n) is 3.73. The first-order valence-electron chi connectivity index (χ1n) is 8.61. The fraction of sp³-hybridized carbons (Fsp3) is 0.882. The summed E-state index contributed by atoms with van der Waals surface area (Å²) in [6, 6.07) is 0. The van der Waals surface area contributed by atoms with E-state index >= 15 is 0 Å². The molecule has 0 radical (unpaired) electrons. The van der Waals surface area contributed by atoms with Gasteiger partial charge in [-0.25, -0.2) is 0 Å². The van der Waals surface area contributed by atoms with Gasteiger partial charge < -0.3 is 15.2 Å². The van der Waals surface area contributed by atoms with Crippen LogP contribution < -0.4 is 5.32 Å². The summed E-state index contributed by atoms with van der Waals surface area (Å²) < 4.78 is 5.25. The number of amides is 1. The lowest BCUT2D eigenvalue weighted by Gasteiger charge is -2.33. The van der Waals surface area contributed by atoms with Gasteiger partial charge in [-0.15, -0.1) is 0 Å². The number of hydrogen-bond donors (Lipinski definition) is 2. The highest BCUT2D eigenvalue weighted by molar-refractivity contribution is 5.79. The number of carboxylic acid groups (broad SMARTS) is 1. The maximum Gasteiger partial charge on any atom is 0.311 e. The Kier molecular flexibility index (Phi) is 6.24. The zero-order chi connectivity index (χ0) is 16.0. The van der Waals surface area contributed by atoms with E-state index < -0.39 is 11.4 Å². The van der Waals surface area contributed by atoms with Gasteiger partial charge in [-0.2, -0.15) is 0 Å². The van der Waals surface area contributed by atoms with Crippen LogP contribution in [-0.2, 0) is 14.3 Å². The molecule has 1 saturated heterocycles. The average molecular weight is 311 g/mol. The second kappa shape index (κ2) is 7.95. The molecule has 1 aliphatic carbocycles.